The number of esters is 1. The Kier molecular flexibility index (Phi) is 7.75. The van der Waals surface area contributed by atoms with Crippen LogP contribution in [0.15, 0.2) is 54.6 Å². The Morgan fingerprint density at radius 1 is 1.06 bits per heavy atom. The summed E-state index contributed by atoms with van der Waals surface area (Å²) in [6, 6.07) is 15.7. The molecule has 4 rings (SSSR count). The Balaban J connectivity index is 1.50. The van der Waals surface area contributed by atoms with Gasteiger partial charge < -0.3 is 18.9 Å². The van der Waals surface area contributed by atoms with Gasteiger partial charge in [-0.15, -0.1) is 0 Å². The maximum atomic E-state index is 13.4. The van der Waals surface area contributed by atoms with Crippen molar-refractivity contribution in [2.45, 2.75) is 24.8 Å². The normalized spacial score (nSPS) is 20.7. The number of rotatable bonds is 7. The molecular formula is C24H29FN2O5S. The molecule has 0 aliphatic carbocycles. The molecule has 33 heavy (non-hydrogen) atoms. The molecule has 0 amide bonds. The average molecular weight is 477 g/mol. The molecule has 2 aliphatic rings. The Labute approximate surface area is 195 Å². The lowest BCUT2D eigenvalue weighted by Gasteiger charge is -2.47. The number of benzene rings is 2. The maximum Gasteiger partial charge on any atom is 0.315 e. The number of ether oxygens (including phenoxy) is 2. The van der Waals surface area contributed by atoms with Crippen LogP contribution in [-0.4, -0.2) is 64.4 Å². The first-order valence-electron chi connectivity index (χ1n) is 11.1. The van der Waals surface area contributed by atoms with Gasteiger partial charge in [-0.1, -0.05) is 30.3 Å². The zero-order chi connectivity index (χ0) is 23.3. The van der Waals surface area contributed by atoms with Gasteiger partial charge in [0.15, 0.2) is 11.1 Å². The first-order valence-corrected chi connectivity index (χ1v) is 12.3. The molecule has 178 valence electrons. The lowest BCUT2D eigenvalue weighted by atomic mass is 9.79. The van der Waals surface area contributed by atoms with E-state index in [9.17, 15) is 17.9 Å². The molecule has 2 heterocycles. The predicted molar refractivity (Wildman–Crippen MR) is 123 cm³/mol. The summed E-state index contributed by atoms with van der Waals surface area (Å²) >= 11 is -2.26. The molecule has 0 spiro atoms. The van der Waals surface area contributed by atoms with Gasteiger partial charge in [0, 0.05) is 45.1 Å². The maximum absolute atomic E-state index is 13.4. The van der Waals surface area contributed by atoms with E-state index in [4.69, 9.17) is 9.47 Å². The van der Waals surface area contributed by atoms with Crippen molar-refractivity contribution in [2.75, 3.05) is 44.3 Å². The van der Waals surface area contributed by atoms with Gasteiger partial charge >= 0.3 is 5.97 Å². The van der Waals surface area contributed by atoms with Gasteiger partial charge in [-0.3, -0.25) is 9.69 Å². The molecule has 1 N–H and O–H groups in total. The largest absolute Gasteiger partial charge is 0.460 e. The minimum atomic E-state index is -2.26. The van der Waals surface area contributed by atoms with Crippen molar-refractivity contribution in [3.63, 3.8) is 0 Å². The molecule has 2 aliphatic heterocycles. The summed E-state index contributed by atoms with van der Waals surface area (Å²) < 4.78 is 47.4. The summed E-state index contributed by atoms with van der Waals surface area (Å²) in [4.78, 5) is 17.4. The van der Waals surface area contributed by atoms with Crippen LogP contribution in [0.25, 0.3) is 0 Å². The summed E-state index contributed by atoms with van der Waals surface area (Å²) in [6.45, 7) is 3.00. The number of halogens is 1. The van der Waals surface area contributed by atoms with Gasteiger partial charge in [0.1, 0.15) is 23.2 Å². The fourth-order valence-corrected chi connectivity index (χ4v) is 5.87. The van der Waals surface area contributed by atoms with E-state index in [0.29, 0.717) is 52.2 Å². The molecule has 2 atom stereocenters. The number of carbonyl (C=O) groups is 1. The lowest BCUT2D eigenvalue weighted by molar-refractivity contribution is -0.167. The fourth-order valence-electron chi connectivity index (χ4n) is 4.69. The van der Waals surface area contributed by atoms with Crippen LogP contribution in [0, 0.1) is 11.2 Å². The summed E-state index contributed by atoms with van der Waals surface area (Å²) in [6.07, 6.45) is 0.658. The number of hydrogen-bond acceptors (Lipinski definition) is 6. The second-order valence-electron chi connectivity index (χ2n) is 8.46. The second-order valence-corrected chi connectivity index (χ2v) is 9.46. The van der Waals surface area contributed by atoms with Crippen molar-refractivity contribution in [1.29, 1.82) is 0 Å². The first-order chi connectivity index (χ1) is 16.0. The van der Waals surface area contributed by atoms with Gasteiger partial charge in [-0.2, -0.15) is 0 Å². The van der Waals surface area contributed by atoms with Crippen LogP contribution < -0.4 is 4.90 Å². The highest BCUT2D eigenvalue weighted by Gasteiger charge is 2.53. The number of anilines is 1. The van der Waals surface area contributed by atoms with Crippen molar-refractivity contribution in [3.8, 4) is 0 Å². The number of carbonyl (C=O) groups excluding carboxylic acids is 1. The number of nitrogens with zero attached hydrogens (tertiary/aromatic N) is 2. The molecule has 0 radical (unpaired) electrons. The number of piperazine rings is 1. The molecule has 0 aromatic heterocycles. The van der Waals surface area contributed by atoms with Gasteiger partial charge in [0.05, 0.1) is 0 Å². The number of hydrogen-bond donors (Lipinski definition) is 1. The van der Waals surface area contributed by atoms with Crippen LogP contribution in [0.2, 0.25) is 0 Å². The van der Waals surface area contributed by atoms with Crippen LogP contribution in [-0.2, 0) is 32.0 Å². The van der Waals surface area contributed by atoms with Crippen LogP contribution in [0.1, 0.15) is 18.4 Å². The van der Waals surface area contributed by atoms with Crippen molar-refractivity contribution < 1.29 is 27.4 Å². The molecule has 2 fully saturated rings. The smallest absolute Gasteiger partial charge is 0.315 e. The van der Waals surface area contributed by atoms with Crippen LogP contribution >= 0.6 is 0 Å². The molecule has 9 heteroatoms. The molecule has 0 bridgehead atoms. The van der Waals surface area contributed by atoms with Crippen LogP contribution in [0.3, 0.4) is 0 Å². The highest BCUT2D eigenvalue weighted by Crippen LogP contribution is 2.40. The van der Waals surface area contributed by atoms with Gasteiger partial charge in [0.25, 0.3) is 0 Å². The Hall–Kier alpha value is -2.33. The van der Waals surface area contributed by atoms with Crippen molar-refractivity contribution in [3.05, 3.63) is 66.0 Å². The minimum Gasteiger partial charge on any atom is -0.460 e. The third kappa shape index (κ3) is 5.43. The van der Waals surface area contributed by atoms with E-state index in [0.717, 1.165) is 11.3 Å². The minimum absolute atomic E-state index is 0.116. The average Bonchev–Trinajstić information content (AvgIpc) is 2.84. The summed E-state index contributed by atoms with van der Waals surface area (Å²) in [5.41, 5.74) is 0.647. The van der Waals surface area contributed by atoms with Crippen LogP contribution in [0.4, 0.5) is 10.1 Å². The van der Waals surface area contributed by atoms with Gasteiger partial charge in [0.2, 0.25) is 0 Å². The van der Waals surface area contributed by atoms with E-state index >= 15 is 0 Å². The van der Waals surface area contributed by atoms with Gasteiger partial charge in [-0.05, 0) is 42.7 Å². The van der Waals surface area contributed by atoms with E-state index in [-0.39, 0.29) is 12.4 Å². The molecule has 2 saturated heterocycles. The quantitative estimate of drug-likeness (QED) is 0.486. The zero-order valence-electron chi connectivity index (χ0n) is 18.4. The fraction of sp³-hybridized carbons (Fsp3) is 0.458. The van der Waals surface area contributed by atoms with Crippen molar-refractivity contribution in [2.24, 2.45) is 5.41 Å². The van der Waals surface area contributed by atoms with Crippen LogP contribution in [0.5, 0.6) is 0 Å². The van der Waals surface area contributed by atoms with Crippen molar-refractivity contribution in [1.82, 2.24) is 4.90 Å². The Bertz CT molecular complexity index is 945. The third-order valence-electron chi connectivity index (χ3n) is 6.51. The standard InChI is InChI=1S/C24H29FN2O5S/c25-20-6-8-21(9-7-20)26-12-14-27(15-13-26)22(33(29)30)24(10-16-31-17-11-24)23(28)32-18-19-4-2-1-3-5-19/h1-9,22H,10-18H2,(H,29,30). The molecule has 2 unspecified atom stereocenters. The predicted octanol–water partition coefficient (Wildman–Crippen LogP) is 3.04. The topological polar surface area (TPSA) is 79.3 Å². The highest BCUT2D eigenvalue weighted by molar-refractivity contribution is 7.79. The summed E-state index contributed by atoms with van der Waals surface area (Å²) in [5.74, 6) is -0.744. The summed E-state index contributed by atoms with van der Waals surface area (Å²) in [5, 5.41) is -0.889. The molecular weight excluding hydrogens is 447 g/mol. The molecule has 0 saturated carbocycles. The lowest BCUT2D eigenvalue weighted by Crippen LogP contribution is -2.61. The second kappa shape index (κ2) is 10.7. The molecule has 2 aromatic carbocycles. The highest BCUT2D eigenvalue weighted by atomic mass is 32.2. The summed E-state index contributed by atoms with van der Waals surface area (Å²) in [7, 11) is 0. The Morgan fingerprint density at radius 2 is 1.70 bits per heavy atom. The molecule has 7 nitrogen and oxygen atoms in total. The molecule has 2 aromatic rings. The Morgan fingerprint density at radius 3 is 2.30 bits per heavy atom. The van der Waals surface area contributed by atoms with E-state index in [2.05, 4.69) is 4.90 Å². The monoisotopic (exact) mass is 476 g/mol. The van der Waals surface area contributed by atoms with E-state index in [1.807, 2.05) is 35.2 Å². The first kappa shape index (κ1) is 23.8. The van der Waals surface area contributed by atoms with E-state index < -0.39 is 27.8 Å². The van der Waals surface area contributed by atoms with E-state index in [1.165, 1.54) is 12.1 Å². The zero-order valence-corrected chi connectivity index (χ0v) is 19.2. The van der Waals surface area contributed by atoms with Crippen molar-refractivity contribution >= 4 is 22.7 Å². The SMILES string of the molecule is O=C(OCc1ccccc1)C1(C(N2CCN(c3ccc(F)cc3)CC2)S(=O)O)CCOCC1. The van der Waals surface area contributed by atoms with E-state index in [1.54, 1.807) is 12.1 Å². The third-order valence-corrected chi connectivity index (χ3v) is 7.64. The van der Waals surface area contributed by atoms with Gasteiger partial charge in [-0.25, -0.2) is 8.60 Å².